The zero-order valence-corrected chi connectivity index (χ0v) is 7.38. The SMILES string of the molecule is C=C(C(=O)O)c1cnccc1C(F)(F)F. The van der Waals surface area contributed by atoms with Gasteiger partial charge in [0.2, 0.25) is 0 Å². The third kappa shape index (κ3) is 2.34. The van der Waals surface area contributed by atoms with Gasteiger partial charge >= 0.3 is 12.1 Å². The highest BCUT2D eigenvalue weighted by Gasteiger charge is 2.34. The van der Waals surface area contributed by atoms with Crippen LogP contribution >= 0.6 is 0 Å². The van der Waals surface area contributed by atoms with E-state index in [0.29, 0.717) is 6.07 Å². The molecule has 0 saturated carbocycles. The van der Waals surface area contributed by atoms with Gasteiger partial charge in [-0.3, -0.25) is 4.98 Å². The molecule has 0 amide bonds. The molecule has 1 aromatic heterocycles. The Labute approximate surface area is 82.9 Å². The molecule has 0 aliphatic heterocycles. The lowest BCUT2D eigenvalue weighted by atomic mass is 10.0. The molecule has 3 nitrogen and oxygen atoms in total. The summed E-state index contributed by atoms with van der Waals surface area (Å²) in [5.74, 6) is -1.51. The Morgan fingerprint density at radius 3 is 2.53 bits per heavy atom. The van der Waals surface area contributed by atoms with Gasteiger partial charge in [-0.1, -0.05) is 6.58 Å². The molecule has 0 saturated heterocycles. The number of carboxylic acid groups (broad SMARTS) is 1. The fraction of sp³-hybridized carbons (Fsp3) is 0.111. The van der Waals surface area contributed by atoms with E-state index >= 15 is 0 Å². The Hall–Kier alpha value is -1.85. The van der Waals surface area contributed by atoms with Gasteiger partial charge in [-0.25, -0.2) is 4.79 Å². The van der Waals surface area contributed by atoms with Crippen LogP contribution < -0.4 is 0 Å². The van der Waals surface area contributed by atoms with E-state index in [4.69, 9.17) is 5.11 Å². The molecule has 15 heavy (non-hydrogen) atoms. The van der Waals surface area contributed by atoms with E-state index < -0.39 is 28.8 Å². The molecular weight excluding hydrogens is 211 g/mol. The van der Waals surface area contributed by atoms with Crippen LogP contribution in [0.4, 0.5) is 13.2 Å². The summed E-state index contributed by atoms with van der Waals surface area (Å²) in [7, 11) is 0. The van der Waals surface area contributed by atoms with Gasteiger partial charge in [-0.05, 0) is 6.07 Å². The summed E-state index contributed by atoms with van der Waals surface area (Å²) in [6, 6.07) is 0.712. The number of aromatic nitrogens is 1. The smallest absolute Gasteiger partial charge is 0.417 e. The summed E-state index contributed by atoms with van der Waals surface area (Å²) in [6.45, 7) is 3.06. The van der Waals surface area contributed by atoms with Crippen LogP contribution in [0.3, 0.4) is 0 Å². The van der Waals surface area contributed by atoms with Crippen molar-refractivity contribution in [2.24, 2.45) is 0 Å². The number of carbonyl (C=O) groups is 1. The standard InChI is InChI=1S/C9H6F3NO2/c1-5(8(14)15)6-4-13-3-2-7(6)9(10,11)12/h2-4H,1H2,(H,14,15). The number of carboxylic acids is 1. The first-order valence-corrected chi connectivity index (χ1v) is 3.78. The van der Waals surface area contributed by atoms with Crippen molar-refractivity contribution in [3.8, 4) is 0 Å². The number of pyridine rings is 1. The summed E-state index contributed by atoms with van der Waals surface area (Å²) in [4.78, 5) is 13.9. The maximum Gasteiger partial charge on any atom is 0.417 e. The molecule has 80 valence electrons. The monoisotopic (exact) mass is 217 g/mol. The second-order valence-electron chi connectivity index (χ2n) is 2.70. The quantitative estimate of drug-likeness (QED) is 0.772. The van der Waals surface area contributed by atoms with Gasteiger partial charge in [0.15, 0.2) is 0 Å². The van der Waals surface area contributed by atoms with E-state index in [-0.39, 0.29) is 0 Å². The van der Waals surface area contributed by atoms with Crippen LogP contribution in [-0.2, 0) is 11.0 Å². The van der Waals surface area contributed by atoms with Crippen LogP contribution in [0.1, 0.15) is 11.1 Å². The van der Waals surface area contributed by atoms with Gasteiger partial charge in [0.05, 0.1) is 11.1 Å². The molecule has 1 aromatic rings. The predicted molar refractivity (Wildman–Crippen MR) is 45.9 cm³/mol. The minimum Gasteiger partial charge on any atom is -0.478 e. The highest BCUT2D eigenvalue weighted by molar-refractivity contribution is 6.14. The Kier molecular flexibility index (Phi) is 2.78. The van der Waals surface area contributed by atoms with E-state index in [1.165, 1.54) is 0 Å². The Morgan fingerprint density at radius 2 is 2.07 bits per heavy atom. The zero-order chi connectivity index (χ0) is 11.6. The van der Waals surface area contributed by atoms with Gasteiger partial charge in [0, 0.05) is 18.0 Å². The normalized spacial score (nSPS) is 11.1. The van der Waals surface area contributed by atoms with Gasteiger partial charge in [-0.15, -0.1) is 0 Å². The number of halogens is 3. The topological polar surface area (TPSA) is 50.2 Å². The summed E-state index contributed by atoms with van der Waals surface area (Å²) >= 11 is 0. The number of hydrogen-bond acceptors (Lipinski definition) is 2. The fourth-order valence-corrected chi connectivity index (χ4v) is 0.997. The van der Waals surface area contributed by atoms with Crippen molar-refractivity contribution in [3.05, 3.63) is 36.2 Å². The number of alkyl halides is 3. The number of hydrogen-bond donors (Lipinski definition) is 1. The van der Waals surface area contributed by atoms with E-state index in [1.807, 2.05) is 0 Å². The fourth-order valence-electron chi connectivity index (χ4n) is 0.997. The summed E-state index contributed by atoms with van der Waals surface area (Å²) in [5, 5.41) is 8.53. The molecule has 1 heterocycles. The van der Waals surface area contributed by atoms with E-state index in [9.17, 15) is 18.0 Å². The lowest BCUT2D eigenvalue weighted by Gasteiger charge is -2.11. The van der Waals surface area contributed by atoms with Crippen LogP contribution in [0.25, 0.3) is 5.57 Å². The van der Waals surface area contributed by atoms with Gasteiger partial charge < -0.3 is 5.11 Å². The molecule has 0 radical (unpaired) electrons. The van der Waals surface area contributed by atoms with Crippen molar-refractivity contribution in [1.82, 2.24) is 4.98 Å². The van der Waals surface area contributed by atoms with Gasteiger partial charge in [0.1, 0.15) is 0 Å². The first kappa shape index (κ1) is 11.2. The molecule has 0 aromatic carbocycles. The van der Waals surface area contributed by atoms with Gasteiger partial charge in [-0.2, -0.15) is 13.2 Å². The molecule has 0 atom stereocenters. The van der Waals surface area contributed by atoms with Gasteiger partial charge in [0.25, 0.3) is 0 Å². The van der Waals surface area contributed by atoms with E-state index in [0.717, 1.165) is 12.4 Å². The maximum absolute atomic E-state index is 12.4. The minimum atomic E-state index is -4.61. The number of aliphatic carboxylic acids is 1. The third-order valence-corrected chi connectivity index (χ3v) is 1.71. The average molecular weight is 217 g/mol. The number of nitrogens with zero attached hydrogens (tertiary/aromatic N) is 1. The molecule has 1 N–H and O–H groups in total. The van der Waals surface area contributed by atoms with E-state index in [2.05, 4.69) is 11.6 Å². The van der Waals surface area contributed by atoms with E-state index in [1.54, 1.807) is 0 Å². The lowest BCUT2D eigenvalue weighted by molar-refractivity contribution is -0.137. The average Bonchev–Trinajstić information content (AvgIpc) is 2.15. The van der Waals surface area contributed by atoms with Crippen LogP contribution in [0, 0.1) is 0 Å². The van der Waals surface area contributed by atoms with Crippen LogP contribution in [0.5, 0.6) is 0 Å². The molecular formula is C9H6F3NO2. The van der Waals surface area contributed by atoms with Crippen molar-refractivity contribution >= 4 is 11.5 Å². The summed E-state index contributed by atoms with van der Waals surface area (Å²) in [5.41, 5.74) is -2.20. The molecule has 1 rings (SSSR count). The molecule has 6 heteroatoms. The van der Waals surface area contributed by atoms with Crippen LogP contribution in [0.2, 0.25) is 0 Å². The minimum absolute atomic E-state index is 0.516. The molecule has 0 bridgehead atoms. The summed E-state index contributed by atoms with van der Waals surface area (Å²) in [6.07, 6.45) is -2.84. The van der Waals surface area contributed by atoms with Crippen molar-refractivity contribution in [2.75, 3.05) is 0 Å². The number of rotatable bonds is 2. The first-order valence-electron chi connectivity index (χ1n) is 3.78. The third-order valence-electron chi connectivity index (χ3n) is 1.71. The Morgan fingerprint density at radius 1 is 1.47 bits per heavy atom. The van der Waals surface area contributed by atoms with Crippen LogP contribution in [-0.4, -0.2) is 16.1 Å². The molecule has 0 fully saturated rings. The Bertz CT molecular complexity index is 412. The lowest BCUT2D eigenvalue weighted by Crippen LogP contribution is -2.11. The highest BCUT2D eigenvalue weighted by atomic mass is 19.4. The second-order valence-corrected chi connectivity index (χ2v) is 2.70. The Balaban J connectivity index is 3.31. The molecule has 0 aliphatic rings. The zero-order valence-electron chi connectivity index (χ0n) is 7.38. The summed E-state index contributed by atoms with van der Waals surface area (Å²) < 4.78 is 37.2. The van der Waals surface area contributed by atoms with Crippen molar-refractivity contribution in [2.45, 2.75) is 6.18 Å². The van der Waals surface area contributed by atoms with Crippen molar-refractivity contribution < 1.29 is 23.1 Å². The second kappa shape index (κ2) is 3.72. The largest absolute Gasteiger partial charge is 0.478 e. The molecule has 0 aliphatic carbocycles. The highest BCUT2D eigenvalue weighted by Crippen LogP contribution is 2.33. The van der Waals surface area contributed by atoms with Crippen molar-refractivity contribution in [1.29, 1.82) is 0 Å². The molecule has 0 spiro atoms. The van der Waals surface area contributed by atoms with Crippen molar-refractivity contribution in [3.63, 3.8) is 0 Å². The molecule has 0 unspecified atom stereocenters. The van der Waals surface area contributed by atoms with Crippen LogP contribution in [0.15, 0.2) is 25.0 Å². The first-order chi connectivity index (χ1) is 6.84. The predicted octanol–water partition coefficient (Wildman–Crippen LogP) is 2.20. The maximum atomic E-state index is 12.4.